The SMILES string of the molecule is COC(=O)c1ccc(N)c(OCC(=O)N2CCOCC2)c1. The van der Waals surface area contributed by atoms with Crippen molar-refractivity contribution in [1.82, 2.24) is 4.90 Å². The summed E-state index contributed by atoms with van der Waals surface area (Å²) in [5.74, 6) is -0.333. The molecule has 1 aliphatic rings. The standard InChI is InChI=1S/C14H18N2O5/c1-19-14(18)10-2-3-11(15)12(8-10)21-9-13(17)16-4-6-20-7-5-16/h2-3,8H,4-7,9,15H2,1H3. The molecule has 0 saturated carbocycles. The number of carbonyl (C=O) groups excluding carboxylic acids is 2. The first-order chi connectivity index (χ1) is 10.1. The number of nitrogens with two attached hydrogens (primary N) is 1. The molecular formula is C14H18N2O5. The van der Waals surface area contributed by atoms with Crippen molar-refractivity contribution in [2.75, 3.05) is 45.8 Å². The van der Waals surface area contributed by atoms with E-state index in [1.165, 1.54) is 19.2 Å². The number of nitrogen functional groups attached to an aromatic ring is 1. The highest BCUT2D eigenvalue weighted by molar-refractivity contribution is 5.90. The number of hydrogen-bond donors (Lipinski definition) is 1. The first-order valence-corrected chi connectivity index (χ1v) is 6.58. The summed E-state index contributed by atoms with van der Waals surface area (Å²) in [6.45, 7) is 2.05. The van der Waals surface area contributed by atoms with Crippen LogP contribution >= 0.6 is 0 Å². The number of rotatable bonds is 4. The van der Waals surface area contributed by atoms with E-state index in [1.807, 2.05) is 0 Å². The van der Waals surface area contributed by atoms with Crippen molar-refractivity contribution in [2.45, 2.75) is 0 Å². The topological polar surface area (TPSA) is 91.1 Å². The number of ether oxygens (including phenoxy) is 3. The lowest BCUT2D eigenvalue weighted by atomic mass is 10.2. The molecule has 0 unspecified atom stereocenters. The first kappa shape index (κ1) is 15.1. The summed E-state index contributed by atoms with van der Waals surface area (Å²) in [6.07, 6.45) is 0. The third kappa shape index (κ3) is 3.85. The minimum Gasteiger partial charge on any atom is -0.482 e. The van der Waals surface area contributed by atoms with E-state index >= 15 is 0 Å². The Kier molecular flexibility index (Phi) is 4.99. The predicted molar refractivity (Wildman–Crippen MR) is 75.1 cm³/mol. The minimum absolute atomic E-state index is 0.130. The van der Waals surface area contributed by atoms with E-state index in [2.05, 4.69) is 4.74 Å². The molecule has 0 atom stereocenters. The van der Waals surface area contributed by atoms with Gasteiger partial charge in [-0.05, 0) is 18.2 Å². The average Bonchev–Trinajstić information content (AvgIpc) is 2.53. The van der Waals surface area contributed by atoms with E-state index in [0.717, 1.165) is 0 Å². The molecule has 2 rings (SSSR count). The second kappa shape index (κ2) is 6.94. The summed E-state index contributed by atoms with van der Waals surface area (Å²) < 4.78 is 15.2. The highest BCUT2D eigenvalue weighted by Gasteiger charge is 2.18. The number of hydrogen-bond acceptors (Lipinski definition) is 6. The molecule has 0 bridgehead atoms. The summed E-state index contributed by atoms with van der Waals surface area (Å²) in [5.41, 5.74) is 6.45. The molecule has 1 aromatic carbocycles. The second-order valence-corrected chi connectivity index (χ2v) is 4.53. The fourth-order valence-electron chi connectivity index (χ4n) is 1.95. The van der Waals surface area contributed by atoms with Crippen LogP contribution in [0.25, 0.3) is 0 Å². The van der Waals surface area contributed by atoms with Gasteiger partial charge in [0.15, 0.2) is 6.61 Å². The largest absolute Gasteiger partial charge is 0.482 e. The van der Waals surface area contributed by atoms with Crippen LogP contribution in [0.1, 0.15) is 10.4 Å². The molecule has 0 aromatic heterocycles. The Morgan fingerprint density at radius 3 is 2.71 bits per heavy atom. The Morgan fingerprint density at radius 2 is 2.05 bits per heavy atom. The Bertz CT molecular complexity index is 526. The zero-order valence-corrected chi connectivity index (χ0v) is 11.8. The van der Waals surface area contributed by atoms with Crippen LogP contribution in [-0.2, 0) is 14.3 Å². The van der Waals surface area contributed by atoms with Crippen LogP contribution in [0.15, 0.2) is 18.2 Å². The van der Waals surface area contributed by atoms with E-state index in [4.69, 9.17) is 15.2 Å². The molecular weight excluding hydrogens is 276 g/mol. The van der Waals surface area contributed by atoms with Gasteiger partial charge in [0.1, 0.15) is 5.75 Å². The van der Waals surface area contributed by atoms with E-state index in [0.29, 0.717) is 43.3 Å². The van der Waals surface area contributed by atoms with Crippen LogP contribution in [0.5, 0.6) is 5.75 Å². The molecule has 7 heteroatoms. The van der Waals surface area contributed by atoms with E-state index in [-0.39, 0.29) is 12.5 Å². The van der Waals surface area contributed by atoms with Crippen molar-refractivity contribution in [3.63, 3.8) is 0 Å². The maximum Gasteiger partial charge on any atom is 0.337 e. The van der Waals surface area contributed by atoms with Crippen molar-refractivity contribution >= 4 is 17.6 Å². The molecule has 0 spiro atoms. The van der Waals surface area contributed by atoms with Gasteiger partial charge in [-0.3, -0.25) is 4.79 Å². The molecule has 114 valence electrons. The quantitative estimate of drug-likeness (QED) is 0.634. The average molecular weight is 294 g/mol. The van der Waals surface area contributed by atoms with E-state index < -0.39 is 5.97 Å². The molecule has 7 nitrogen and oxygen atoms in total. The van der Waals surface area contributed by atoms with Gasteiger partial charge < -0.3 is 24.8 Å². The third-order valence-corrected chi connectivity index (χ3v) is 3.15. The van der Waals surface area contributed by atoms with Gasteiger partial charge in [-0.15, -0.1) is 0 Å². The maximum atomic E-state index is 12.0. The molecule has 1 fully saturated rings. The van der Waals surface area contributed by atoms with Gasteiger partial charge in [0.25, 0.3) is 5.91 Å². The van der Waals surface area contributed by atoms with Gasteiger partial charge in [0, 0.05) is 13.1 Å². The number of amides is 1. The number of methoxy groups -OCH3 is 1. The van der Waals surface area contributed by atoms with Crippen molar-refractivity contribution < 1.29 is 23.8 Å². The summed E-state index contributed by atoms with van der Waals surface area (Å²) in [4.78, 5) is 25.1. The fraction of sp³-hybridized carbons (Fsp3) is 0.429. The summed E-state index contributed by atoms with van der Waals surface area (Å²) in [7, 11) is 1.29. The molecule has 1 saturated heterocycles. The molecule has 21 heavy (non-hydrogen) atoms. The van der Waals surface area contributed by atoms with E-state index in [1.54, 1.807) is 11.0 Å². The molecule has 0 radical (unpaired) electrons. The Hall–Kier alpha value is -2.28. The van der Waals surface area contributed by atoms with E-state index in [9.17, 15) is 9.59 Å². The van der Waals surface area contributed by atoms with Crippen LogP contribution in [0.3, 0.4) is 0 Å². The number of esters is 1. The van der Waals surface area contributed by atoms with Crippen LogP contribution in [0.2, 0.25) is 0 Å². The zero-order valence-electron chi connectivity index (χ0n) is 11.8. The van der Waals surface area contributed by atoms with Crippen molar-refractivity contribution in [2.24, 2.45) is 0 Å². The number of benzene rings is 1. The number of carbonyl (C=O) groups is 2. The smallest absolute Gasteiger partial charge is 0.337 e. The molecule has 1 heterocycles. The van der Waals surface area contributed by atoms with Crippen LogP contribution in [-0.4, -0.2) is 56.8 Å². The maximum absolute atomic E-state index is 12.0. The van der Waals surface area contributed by atoms with Gasteiger partial charge in [-0.25, -0.2) is 4.79 Å². The van der Waals surface area contributed by atoms with Crippen molar-refractivity contribution in [3.8, 4) is 5.75 Å². The lowest BCUT2D eigenvalue weighted by Gasteiger charge is -2.26. The zero-order chi connectivity index (χ0) is 15.2. The number of morpholine rings is 1. The molecule has 2 N–H and O–H groups in total. The first-order valence-electron chi connectivity index (χ1n) is 6.58. The monoisotopic (exact) mass is 294 g/mol. The Balaban J connectivity index is 1.98. The molecule has 1 aliphatic heterocycles. The fourth-order valence-corrected chi connectivity index (χ4v) is 1.95. The van der Waals surface area contributed by atoms with Crippen molar-refractivity contribution in [3.05, 3.63) is 23.8 Å². The van der Waals surface area contributed by atoms with Gasteiger partial charge in [0.05, 0.1) is 31.6 Å². The van der Waals surface area contributed by atoms with Gasteiger partial charge >= 0.3 is 5.97 Å². The second-order valence-electron chi connectivity index (χ2n) is 4.53. The summed E-state index contributed by atoms with van der Waals surface area (Å²) in [5, 5.41) is 0. The minimum atomic E-state index is -0.487. The van der Waals surface area contributed by atoms with Crippen molar-refractivity contribution in [1.29, 1.82) is 0 Å². The normalized spacial score (nSPS) is 14.6. The third-order valence-electron chi connectivity index (χ3n) is 3.15. The Labute approximate surface area is 122 Å². The molecule has 1 amide bonds. The summed E-state index contributed by atoms with van der Waals surface area (Å²) >= 11 is 0. The number of nitrogens with zero attached hydrogens (tertiary/aromatic N) is 1. The lowest BCUT2D eigenvalue weighted by Crippen LogP contribution is -2.43. The molecule has 0 aliphatic carbocycles. The number of anilines is 1. The van der Waals surface area contributed by atoms with Gasteiger partial charge in [-0.2, -0.15) is 0 Å². The highest BCUT2D eigenvalue weighted by atomic mass is 16.5. The highest BCUT2D eigenvalue weighted by Crippen LogP contribution is 2.23. The summed E-state index contributed by atoms with van der Waals surface area (Å²) in [6, 6.07) is 4.55. The Morgan fingerprint density at radius 1 is 1.33 bits per heavy atom. The van der Waals surface area contributed by atoms with Gasteiger partial charge in [0.2, 0.25) is 0 Å². The van der Waals surface area contributed by atoms with Gasteiger partial charge in [-0.1, -0.05) is 0 Å². The van der Waals surface area contributed by atoms with Crippen LogP contribution < -0.4 is 10.5 Å². The predicted octanol–water partition coefficient (Wildman–Crippen LogP) is 0.293. The van der Waals surface area contributed by atoms with Crippen LogP contribution in [0, 0.1) is 0 Å². The lowest BCUT2D eigenvalue weighted by molar-refractivity contribution is -0.137. The molecule has 1 aromatic rings. The van der Waals surface area contributed by atoms with Crippen LogP contribution in [0.4, 0.5) is 5.69 Å².